The highest BCUT2D eigenvalue weighted by Crippen LogP contribution is 2.31. The van der Waals surface area contributed by atoms with Gasteiger partial charge in [-0.05, 0) is 55.5 Å². The molecule has 0 N–H and O–H groups in total. The van der Waals surface area contributed by atoms with E-state index in [-0.39, 0.29) is 0 Å². The van der Waals surface area contributed by atoms with Crippen LogP contribution in [0.15, 0.2) is 78.5 Å². The number of hydrogen-bond acceptors (Lipinski definition) is 3. The van der Waals surface area contributed by atoms with Gasteiger partial charge in [-0.1, -0.05) is 24.3 Å². The van der Waals surface area contributed by atoms with Crippen LogP contribution >= 0.6 is 0 Å². The molecule has 0 fully saturated rings. The SMILES string of the molecule is C/C=C\C(=C/COC)N(c1ccccc1)c1ccc(OC)cc1. The molecule has 0 bridgehead atoms. The number of benzene rings is 2. The summed E-state index contributed by atoms with van der Waals surface area (Å²) in [5.74, 6) is 0.843. The van der Waals surface area contributed by atoms with Crippen molar-refractivity contribution in [3.63, 3.8) is 0 Å². The standard InChI is InChI=1S/C20H23NO2/c1-4-8-17(15-16-22-2)21(18-9-6-5-7-10-18)19-11-13-20(23-3)14-12-19/h4-15H,16H2,1-3H3/b8-4-,17-15+. The van der Waals surface area contributed by atoms with E-state index in [2.05, 4.69) is 41.3 Å². The van der Waals surface area contributed by atoms with Crippen LogP contribution in [0.5, 0.6) is 5.75 Å². The second-order valence-corrected chi connectivity index (χ2v) is 4.95. The van der Waals surface area contributed by atoms with Gasteiger partial charge in [0.05, 0.1) is 13.7 Å². The molecule has 0 spiro atoms. The van der Waals surface area contributed by atoms with Crippen molar-refractivity contribution in [1.29, 1.82) is 0 Å². The van der Waals surface area contributed by atoms with Gasteiger partial charge < -0.3 is 14.4 Å². The van der Waals surface area contributed by atoms with Crippen LogP contribution in [0.2, 0.25) is 0 Å². The first-order chi connectivity index (χ1) is 11.3. The summed E-state index contributed by atoms with van der Waals surface area (Å²) >= 11 is 0. The molecule has 0 saturated heterocycles. The minimum atomic E-state index is 0.555. The fourth-order valence-electron chi connectivity index (χ4n) is 2.33. The predicted octanol–water partition coefficient (Wildman–Crippen LogP) is 4.94. The molecule has 0 aliphatic heterocycles. The van der Waals surface area contributed by atoms with E-state index in [9.17, 15) is 0 Å². The molecule has 0 amide bonds. The largest absolute Gasteiger partial charge is 0.497 e. The van der Waals surface area contributed by atoms with Gasteiger partial charge in [-0.3, -0.25) is 0 Å². The molecule has 3 nitrogen and oxygen atoms in total. The summed E-state index contributed by atoms with van der Waals surface area (Å²) in [6.45, 7) is 2.57. The number of anilines is 2. The zero-order valence-corrected chi connectivity index (χ0v) is 13.9. The lowest BCUT2D eigenvalue weighted by atomic mass is 10.2. The maximum Gasteiger partial charge on any atom is 0.119 e. The summed E-state index contributed by atoms with van der Waals surface area (Å²) in [7, 11) is 3.37. The Kier molecular flexibility index (Phi) is 6.45. The maximum atomic E-state index is 5.26. The molecule has 0 aromatic heterocycles. The van der Waals surface area contributed by atoms with Crippen molar-refractivity contribution in [1.82, 2.24) is 0 Å². The molecule has 2 aromatic carbocycles. The van der Waals surface area contributed by atoms with E-state index in [1.165, 1.54) is 0 Å². The van der Waals surface area contributed by atoms with Gasteiger partial charge in [-0.25, -0.2) is 0 Å². The molecule has 0 saturated carbocycles. The molecule has 0 heterocycles. The van der Waals surface area contributed by atoms with Crippen LogP contribution in [0.4, 0.5) is 11.4 Å². The van der Waals surface area contributed by atoms with Gasteiger partial charge in [-0.2, -0.15) is 0 Å². The average Bonchev–Trinajstić information content (AvgIpc) is 2.61. The Hall–Kier alpha value is -2.52. The highest BCUT2D eigenvalue weighted by molar-refractivity contribution is 5.70. The van der Waals surface area contributed by atoms with Crippen molar-refractivity contribution in [2.45, 2.75) is 6.92 Å². The lowest BCUT2D eigenvalue weighted by Crippen LogP contribution is -2.15. The first kappa shape index (κ1) is 16.8. The number of rotatable bonds is 7. The minimum Gasteiger partial charge on any atom is -0.497 e. The zero-order chi connectivity index (χ0) is 16.5. The number of methoxy groups -OCH3 is 2. The van der Waals surface area contributed by atoms with E-state index >= 15 is 0 Å². The molecular weight excluding hydrogens is 286 g/mol. The van der Waals surface area contributed by atoms with E-state index in [0.29, 0.717) is 6.61 Å². The second-order valence-electron chi connectivity index (χ2n) is 4.95. The van der Waals surface area contributed by atoms with Gasteiger partial charge in [-0.15, -0.1) is 0 Å². The van der Waals surface area contributed by atoms with Crippen molar-refractivity contribution in [3.05, 3.63) is 78.5 Å². The molecule has 0 aliphatic rings. The van der Waals surface area contributed by atoms with Gasteiger partial charge in [0.15, 0.2) is 0 Å². The fraction of sp³-hybridized carbons (Fsp3) is 0.200. The smallest absolute Gasteiger partial charge is 0.119 e. The summed E-state index contributed by atoms with van der Waals surface area (Å²) in [5, 5.41) is 0. The summed E-state index contributed by atoms with van der Waals surface area (Å²) in [6, 6.07) is 18.3. The Morgan fingerprint density at radius 3 is 2.17 bits per heavy atom. The predicted molar refractivity (Wildman–Crippen MR) is 96.3 cm³/mol. The molecule has 0 atom stereocenters. The van der Waals surface area contributed by atoms with Gasteiger partial charge in [0.25, 0.3) is 0 Å². The topological polar surface area (TPSA) is 21.7 Å². The second kappa shape index (κ2) is 8.81. The van der Waals surface area contributed by atoms with Gasteiger partial charge in [0.2, 0.25) is 0 Å². The molecule has 2 aromatic rings. The summed E-state index contributed by atoms with van der Waals surface area (Å²) in [4.78, 5) is 2.19. The first-order valence-electron chi connectivity index (χ1n) is 7.61. The maximum absolute atomic E-state index is 5.26. The van der Waals surface area contributed by atoms with Crippen LogP contribution in [0.25, 0.3) is 0 Å². The monoisotopic (exact) mass is 309 g/mol. The van der Waals surface area contributed by atoms with Crippen LogP contribution in [0.3, 0.4) is 0 Å². The number of nitrogens with zero attached hydrogens (tertiary/aromatic N) is 1. The number of allylic oxidation sites excluding steroid dienone is 2. The molecule has 23 heavy (non-hydrogen) atoms. The number of para-hydroxylation sites is 1. The summed E-state index contributed by atoms with van der Waals surface area (Å²) in [6.07, 6.45) is 6.18. The average molecular weight is 309 g/mol. The van der Waals surface area contributed by atoms with Crippen LogP contribution < -0.4 is 9.64 Å². The number of ether oxygens (including phenoxy) is 2. The van der Waals surface area contributed by atoms with Crippen molar-refractivity contribution in [3.8, 4) is 5.75 Å². The van der Waals surface area contributed by atoms with Crippen molar-refractivity contribution in [2.75, 3.05) is 25.7 Å². The van der Waals surface area contributed by atoms with Crippen molar-refractivity contribution < 1.29 is 9.47 Å². The van der Waals surface area contributed by atoms with Gasteiger partial charge in [0.1, 0.15) is 5.75 Å². The van der Waals surface area contributed by atoms with E-state index in [1.54, 1.807) is 14.2 Å². The van der Waals surface area contributed by atoms with Crippen molar-refractivity contribution in [2.24, 2.45) is 0 Å². The highest BCUT2D eigenvalue weighted by Gasteiger charge is 2.12. The van der Waals surface area contributed by atoms with Crippen LogP contribution in [0, 0.1) is 0 Å². The Balaban J connectivity index is 2.49. The van der Waals surface area contributed by atoms with E-state index in [0.717, 1.165) is 22.8 Å². The lowest BCUT2D eigenvalue weighted by molar-refractivity contribution is 0.233. The van der Waals surface area contributed by atoms with Crippen LogP contribution in [-0.2, 0) is 4.74 Å². The van der Waals surface area contributed by atoms with E-state index in [4.69, 9.17) is 9.47 Å². The normalized spacial score (nSPS) is 11.7. The molecule has 3 heteroatoms. The molecule has 2 rings (SSSR count). The minimum absolute atomic E-state index is 0.555. The summed E-state index contributed by atoms with van der Waals surface area (Å²) in [5.41, 5.74) is 3.22. The third-order valence-electron chi connectivity index (χ3n) is 3.40. The Labute approximate surface area is 138 Å². The third-order valence-corrected chi connectivity index (χ3v) is 3.40. The van der Waals surface area contributed by atoms with Crippen LogP contribution in [0.1, 0.15) is 6.92 Å². The Bertz CT molecular complexity index is 645. The van der Waals surface area contributed by atoms with Crippen molar-refractivity contribution >= 4 is 11.4 Å². The molecular formula is C20H23NO2. The Morgan fingerprint density at radius 2 is 1.61 bits per heavy atom. The molecule has 0 radical (unpaired) electrons. The quantitative estimate of drug-likeness (QED) is 0.676. The molecule has 0 aliphatic carbocycles. The van der Waals surface area contributed by atoms with Gasteiger partial charge in [0, 0.05) is 24.2 Å². The van der Waals surface area contributed by atoms with Crippen LogP contribution in [-0.4, -0.2) is 20.8 Å². The Morgan fingerprint density at radius 1 is 0.957 bits per heavy atom. The van der Waals surface area contributed by atoms with Gasteiger partial charge >= 0.3 is 0 Å². The zero-order valence-electron chi connectivity index (χ0n) is 13.9. The summed E-state index contributed by atoms with van der Waals surface area (Å²) < 4.78 is 10.5. The van der Waals surface area contributed by atoms with E-state index in [1.807, 2.05) is 43.3 Å². The first-order valence-corrected chi connectivity index (χ1v) is 7.61. The van der Waals surface area contributed by atoms with E-state index < -0.39 is 0 Å². The molecule has 0 unspecified atom stereocenters. The fourth-order valence-corrected chi connectivity index (χ4v) is 2.33. The molecule has 120 valence electrons. The number of hydrogen-bond donors (Lipinski definition) is 0. The lowest BCUT2D eigenvalue weighted by Gasteiger charge is -2.26. The third kappa shape index (κ3) is 4.47. The highest BCUT2D eigenvalue weighted by atomic mass is 16.5.